The van der Waals surface area contributed by atoms with Gasteiger partial charge in [-0.15, -0.1) is 0 Å². The first-order valence-corrected chi connectivity index (χ1v) is 14.0. The van der Waals surface area contributed by atoms with Crippen LogP contribution in [0.4, 0.5) is 16.2 Å². The third kappa shape index (κ3) is 4.67. The molecule has 0 radical (unpaired) electrons. The standard InChI is InChI=1S/C24H36N4O4S/c1-24(2)15-19-16-27(23(29)26-7-11-32-12-8-26)18-22(24)28(17-19)21-5-3-20(4-6-21)25-9-13-33(30,31)14-10-25/h3-6,19,22H,7-18H2,1-2H3. The summed E-state index contributed by atoms with van der Waals surface area (Å²) in [5.41, 5.74) is 2.38. The SMILES string of the molecule is CC1(C)CC2CN(C(=O)N3CCOCC3)CC1N(c1ccc(N3CCS(=O)(=O)CC3)cc1)C2. The van der Waals surface area contributed by atoms with Crippen LogP contribution in [0.25, 0.3) is 0 Å². The molecule has 2 amide bonds. The lowest BCUT2D eigenvalue weighted by Gasteiger charge is -2.48. The van der Waals surface area contributed by atoms with Crippen LogP contribution in [0, 0.1) is 11.3 Å². The summed E-state index contributed by atoms with van der Waals surface area (Å²) in [7, 11) is -2.88. The third-order valence-electron chi connectivity index (χ3n) is 7.86. The molecule has 0 N–H and O–H groups in total. The number of fused-ring (bicyclic) bond motifs is 4. The normalized spacial score (nSPS) is 29.2. The lowest BCUT2D eigenvalue weighted by atomic mass is 9.73. The van der Waals surface area contributed by atoms with Crippen molar-refractivity contribution in [3.05, 3.63) is 24.3 Å². The van der Waals surface area contributed by atoms with Crippen LogP contribution in [0.15, 0.2) is 24.3 Å². The van der Waals surface area contributed by atoms with Crippen LogP contribution in [-0.4, -0.2) is 101 Å². The molecule has 2 bridgehead atoms. The van der Waals surface area contributed by atoms with Gasteiger partial charge in [0.25, 0.3) is 0 Å². The number of nitrogens with zero attached hydrogens (tertiary/aromatic N) is 4. The molecule has 5 heterocycles. The van der Waals surface area contributed by atoms with Gasteiger partial charge in [0.15, 0.2) is 9.84 Å². The van der Waals surface area contributed by atoms with Crippen molar-refractivity contribution < 1.29 is 17.9 Å². The van der Waals surface area contributed by atoms with Crippen LogP contribution in [0.5, 0.6) is 0 Å². The Labute approximate surface area is 197 Å². The van der Waals surface area contributed by atoms with E-state index in [9.17, 15) is 13.2 Å². The number of benzene rings is 1. The molecular formula is C24H36N4O4S. The maximum atomic E-state index is 13.3. The van der Waals surface area contributed by atoms with Crippen molar-refractivity contribution in [3.63, 3.8) is 0 Å². The van der Waals surface area contributed by atoms with E-state index in [4.69, 9.17) is 4.74 Å². The lowest BCUT2D eigenvalue weighted by Crippen LogP contribution is -2.55. The van der Waals surface area contributed by atoms with E-state index < -0.39 is 9.84 Å². The number of amides is 2. The highest BCUT2D eigenvalue weighted by Gasteiger charge is 2.47. The second-order valence-electron chi connectivity index (χ2n) is 10.7. The van der Waals surface area contributed by atoms with Crippen molar-refractivity contribution in [2.45, 2.75) is 26.3 Å². The zero-order chi connectivity index (χ0) is 23.2. The van der Waals surface area contributed by atoms with Gasteiger partial charge in [0.1, 0.15) is 0 Å². The van der Waals surface area contributed by atoms with Crippen molar-refractivity contribution >= 4 is 27.2 Å². The molecule has 0 saturated carbocycles. The Morgan fingerprint density at radius 2 is 1.55 bits per heavy atom. The number of sulfone groups is 1. The van der Waals surface area contributed by atoms with Gasteiger partial charge < -0.3 is 24.3 Å². The predicted molar refractivity (Wildman–Crippen MR) is 130 cm³/mol. The average Bonchev–Trinajstić information content (AvgIpc) is 3.06. The zero-order valence-electron chi connectivity index (χ0n) is 19.8. The van der Waals surface area contributed by atoms with Gasteiger partial charge in [0.2, 0.25) is 0 Å². The summed E-state index contributed by atoms with van der Waals surface area (Å²) < 4.78 is 29.0. The molecule has 8 nitrogen and oxygen atoms in total. The maximum Gasteiger partial charge on any atom is 0.320 e. The summed E-state index contributed by atoms with van der Waals surface area (Å²) in [5.74, 6) is 0.896. The van der Waals surface area contributed by atoms with Crippen LogP contribution in [0.1, 0.15) is 20.3 Å². The number of carbonyl (C=O) groups excluding carboxylic acids is 1. The monoisotopic (exact) mass is 476 g/mol. The summed E-state index contributed by atoms with van der Waals surface area (Å²) >= 11 is 0. The van der Waals surface area contributed by atoms with E-state index in [1.807, 2.05) is 4.90 Å². The minimum absolute atomic E-state index is 0.114. The van der Waals surface area contributed by atoms with Gasteiger partial charge in [-0.3, -0.25) is 0 Å². The summed E-state index contributed by atoms with van der Waals surface area (Å²) in [5, 5.41) is 0. The fourth-order valence-electron chi connectivity index (χ4n) is 6.06. The Hall–Kier alpha value is -2.00. The highest BCUT2D eigenvalue weighted by Crippen LogP contribution is 2.43. The molecule has 2 atom stereocenters. The Balaban J connectivity index is 1.33. The number of urea groups is 1. The first-order chi connectivity index (χ1) is 15.7. The number of piperidine rings is 1. The molecule has 0 spiro atoms. The molecule has 1 aromatic rings. The van der Waals surface area contributed by atoms with E-state index in [0.29, 0.717) is 45.3 Å². The van der Waals surface area contributed by atoms with Crippen molar-refractivity contribution in [2.24, 2.45) is 11.3 Å². The average molecular weight is 477 g/mol. The number of anilines is 2. The predicted octanol–water partition coefficient (Wildman–Crippen LogP) is 1.91. The summed E-state index contributed by atoms with van der Waals surface area (Å²) in [6, 6.07) is 8.99. The van der Waals surface area contributed by atoms with E-state index in [1.165, 1.54) is 5.69 Å². The molecule has 33 heavy (non-hydrogen) atoms. The van der Waals surface area contributed by atoms with Gasteiger partial charge in [0.05, 0.1) is 30.8 Å². The van der Waals surface area contributed by atoms with Crippen LogP contribution >= 0.6 is 0 Å². The second-order valence-corrected chi connectivity index (χ2v) is 13.0. The van der Waals surface area contributed by atoms with Gasteiger partial charge in [-0.1, -0.05) is 13.8 Å². The Bertz CT molecular complexity index is 961. The van der Waals surface area contributed by atoms with Crippen molar-refractivity contribution in [1.29, 1.82) is 0 Å². The number of hydrogen-bond donors (Lipinski definition) is 0. The molecule has 6 rings (SSSR count). The highest BCUT2D eigenvalue weighted by atomic mass is 32.2. The van der Waals surface area contributed by atoms with Gasteiger partial charge in [-0.05, 0) is 42.0 Å². The molecule has 2 unspecified atom stereocenters. The molecule has 0 aliphatic carbocycles. The van der Waals surface area contributed by atoms with Gasteiger partial charge >= 0.3 is 6.03 Å². The van der Waals surface area contributed by atoms with Crippen LogP contribution < -0.4 is 9.80 Å². The van der Waals surface area contributed by atoms with E-state index in [-0.39, 0.29) is 29.0 Å². The van der Waals surface area contributed by atoms with Crippen LogP contribution in [0.3, 0.4) is 0 Å². The minimum atomic E-state index is -2.88. The summed E-state index contributed by atoms with van der Waals surface area (Å²) in [4.78, 5) is 22.0. The molecule has 1 aromatic carbocycles. The second kappa shape index (κ2) is 8.65. The number of carbonyl (C=O) groups is 1. The molecule has 9 heteroatoms. The zero-order valence-corrected chi connectivity index (χ0v) is 20.6. The van der Waals surface area contributed by atoms with Crippen molar-refractivity contribution in [2.75, 3.05) is 80.3 Å². The summed E-state index contributed by atoms with van der Waals surface area (Å²) in [6.07, 6.45) is 1.13. The van der Waals surface area contributed by atoms with Gasteiger partial charge in [0, 0.05) is 57.2 Å². The third-order valence-corrected chi connectivity index (χ3v) is 9.47. The quantitative estimate of drug-likeness (QED) is 0.649. The first kappa shape index (κ1) is 22.8. The fourth-order valence-corrected chi connectivity index (χ4v) is 7.26. The molecular weight excluding hydrogens is 440 g/mol. The van der Waals surface area contributed by atoms with Crippen LogP contribution in [0.2, 0.25) is 0 Å². The minimum Gasteiger partial charge on any atom is -0.378 e. The van der Waals surface area contributed by atoms with E-state index in [0.717, 1.165) is 31.7 Å². The Morgan fingerprint density at radius 1 is 0.909 bits per heavy atom. The van der Waals surface area contributed by atoms with Gasteiger partial charge in [-0.25, -0.2) is 13.2 Å². The van der Waals surface area contributed by atoms with E-state index in [1.54, 1.807) is 0 Å². The molecule has 0 aromatic heterocycles. The molecule has 5 saturated heterocycles. The smallest absolute Gasteiger partial charge is 0.320 e. The lowest BCUT2D eigenvalue weighted by molar-refractivity contribution is 0.0428. The Kier molecular flexibility index (Phi) is 5.97. The number of morpholine rings is 1. The number of ether oxygens (including phenoxy) is 1. The Morgan fingerprint density at radius 3 is 2.21 bits per heavy atom. The molecule has 5 fully saturated rings. The van der Waals surface area contributed by atoms with Crippen molar-refractivity contribution in [1.82, 2.24) is 9.80 Å². The molecule has 182 valence electrons. The summed E-state index contributed by atoms with van der Waals surface area (Å²) in [6.45, 7) is 10.9. The van der Waals surface area contributed by atoms with Gasteiger partial charge in [-0.2, -0.15) is 0 Å². The molecule has 5 aliphatic heterocycles. The maximum absolute atomic E-state index is 13.3. The van der Waals surface area contributed by atoms with Crippen molar-refractivity contribution in [3.8, 4) is 0 Å². The molecule has 5 aliphatic rings. The first-order valence-electron chi connectivity index (χ1n) is 12.2. The fraction of sp³-hybridized carbons (Fsp3) is 0.708. The van der Waals surface area contributed by atoms with E-state index >= 15 is 0 Å². The van der Waals surface area contributed by atoms with E-state index in [2.05, 4.69) is 52.8 Å². The topological polar surface area (TPSA) is 73.4 Å². The number of hydrogen-bond acceptors (Lipinski definition) is 6. The van der Waals surface area contributed by atoms with Crippen LogP contribution in [-0.2, 0) is 14.6 Å². The highest BCUT2D eigenvalue weighted by molar-refractivity contribution is 7.91. The number of rotatable bonds is 2. The largest absolute Gasteiger partial charge is 0.378 e.